The van der Waals surface area contributed by atoms with Crippen LogP contribution in [0.3, 0.4) is 0 Å². The molecule has 1 amide bonds. The van der Waals surface area contributed by atoms with Crippen molar-refractivity contribution in [2.45, 2.75) is 12.6 Å². The lowest BCUT2D eigenvalue weighted by Crippen LogP contribution is -2.42. The number of carbonyl (C=O) groups excluding carboxylic acids is 1. The first kappa shape index (κ1) is 14.8. The summed E-state index contributed by atoms with van der Waals surface area (Å²) in [6.45, 7) is -0.609. The number of nitrogens with two attached hydrogens (primary N) is 1. The van der Waals surface area contributed by atoms with Crippen LogP contribution >= 0.6 is 0 Å². The first-order valence-corrected chi connectivity index (χ1v) is 5.18. The number of halogens is 3. The first-order valence-electron chi connectivity index (χ1n) is 5.18. The highest BCUT2D eigenvalue weighted by Gasteiger charge is 2.43. The van der Waals surface area contributed by atoms with Gasteiger partial charge in [-0.05, 0) is 12.1 Å². The zero-order chi connectivity index (χ0) is 14.6. The Balaban J connectivity index is 3.09. The largest absolute Gasteiger partial charge is 0.481 e. The summed E-state index contributed by atoms with van der Waals surface area (Å²) in [5, 5.41) is 8.51. The van der Waals surface area contributed by atoms with Crippen molar-refractivity contribution in [2.75, 3.05) is 17.2 Å². The van der Waals surface area contributed by atoms with Crippen molar-refractivity contribution in [3.63, 3.8) is 0 Å². The van der Waals surface area contributed by atoms with Crippen LogP contribution in [0, 0.1) is 0 Å². The van der Waals surface area contributed by atoms with Gasteiger partial charge in [0.1, 0.15) is 0 Å². The lowest BCUT2D eigenvalue weighted by Gasteiger charge is -2.24. The average Bonchev–Trinajstić information content (AvgIpc) is 2.29. The van der Waals surface area contributed by atoms with Crippen molar-refractivity contribution in [3.05, 3.63) is 24.3 Å². The van der Waals surface area contributed by atoms with E-state index in [1.54, 1.807) is 0 Å². The van der Waals surface area contributed by atoms with Gasteiger partial charge in [-0.1, -0.05) is 12.1 Å². The van der Waals surface area contributed by atoms with Crippen molar-refractivity contribution in [1.82, 2.24) is 0 Å². The number of carboxylic acid groups (broad SMARTS) is 1. The molecule has 19 heavy (non-hydrogen) atoms. The third kappa shape index (κ3) is 3.87. The van der Waals surface area contributed by atoms with Crippen LogP contribution in [0.2, 0.25) is 0 Å². The van der Waals surface area contributed by atoms with E-state index in [1.807, 2.05) is 0 Å². The fraction of sp³-hybridized carbons (Fsp3) is 0.273. The molecule has 0 aliphatic rings. The minimum atomic E-state index is -5.10. The van der Waals surface area contributed by atoms with Gasteiger partial charge >= 0.3 is 18.1 Å². The van der Waals surface area contributed by atoms with E-state index in [9.17, 15) is 22.8 Å². The number of benzene rings is 1. The van der Waals surface area contributed by atoms with Gasteiger partial charge in [0.05, 0.1) is 17.8 Å². The highest BCUT2D eigenvalue weighted by atomic mass is 19.4. The van der Waals surface area contributed by atoms with E-state index in [0.717, 1.165) is 0 Å². The summed E-state index contributed by atoms with van der Waals surface area (Å²) in [4.78, 5) is 22.0. The van der Waals surface area contributed by atoms with Crippen molar-refractivity contribution in [3.8, 4) is 0 Å². The topological polar surface area (TPSA) is 83.6 Å². The van der Waals surface area contributed by atoms with Gasteiger partial charge in [0.25, 0.3) is 0 Å². The molecule has 0 saturated carbocycles. The summed E-state index contributed by atoms with van der Waals surface area (Å²) in [5.41, 5.74) is 5.30. The number of carboxylic acids is 1. The Morgan fingerprint density at radius 3 is 2.32 bits per heavy atom. The summed E-state index contributed by atoms with van der Waals surface area (Å²) >= 11 is 0. The highest BCUT2D eigenvalue weighted by molar-refractivity contribution is 6.00. The van der Waals surface area contributed by atoms with Crippen LogP contribution in [-0.4, -0.2) is 29.7 Å². The number of carbonyl (C=O) groups is 2. The summed E-state index contributed by atoms with van der Waals surface area (Å²) in [5.74, 6) is -3.46. The summed E-state index contributed by atoms with van der Waals surface area (Å²) in [6.07, 6.45) is -5.71. The van der Waals surface area contributed by atoms with Crippen LogP contribution in [0.15, 0.2) is 24.3 Å². The maximum absolute atomic E-state index is 12.5. The second-order valence-electron chi connectivity index (χ2n) is 3.66. The van der Waals surface area contributed by atoms with Crippen molar-refractivity contribution in [1.29, 1.82) is 0 Å². The fourth-order valence-corrected chi connectivity index (χ4v) is 1.43. The molecule has 0 unspecified atom stereocenters. The van der Waals surface area contributed by atoms with Crippen LogP contribution in [0.5, 0.6) is 0 Å². The van der Waals surface area contributed by atoms with Crippen molar-refractivity contribution < 1.29 is 27.9 Å². The smallest absolute Gasteiger partial charge is 0.471 e. The monoisotopic (exact) mass is 276 g/mol. The second kappa shape index (κ2) is 5.59. The molecule has 0 fully saturated rings. The summed E-state index contributed by atoms with van der Waals surface area (Å²) in [7, 11) is 0. The first-order chi connectivity index (χ1) is 8.73. The third-order valence-corrected chi connectivity index (χ3v) is 2.26. The summed E-state index contributed by atoms with van der Waals surface area (Å²) in [6, 6.07) is 5.45. The lowest BCUT2D eigenvalue weighted by molar-refractivity contribution is -0.170. The molecule has 0 saturated heterocycles. The molecule has 0 aliphatic heterocycles. The molecule has 0 atom stereocenters. The Morgan fingerprint density at radius 2 is 1.84 bits per heavy atom. The van der Waals surface area contributed by atoms with Gasteiger partial charge in [0, 0.05) is 6.54 Å². The van der Waals surface area contributed by atoms with E-state index < -0.39 is 31.0 Å². The van der Waals surface area contributed by atoms with Gasteiger partial charge in [-0.15, -0.1) is 0 Å². The number of hydrogen-bond donors (Lipinski definition) is 2. The maximum Gasteiger partial charge on any atom is 0.471 e. The Hall–Kier alpha value is -2.25. The molecular weight excluding hydrogens is 265 g/mol. The Bertz CT molecular complexity index is 488. The van der Waals surface area contributed by atoms with Gasteiger partial charge in [0.15, 0.2) is 0 Å². The van der Waals surface area contributed by atoms with Crippen molar-refractivity contribution in [2.24, 2.45) is 0 Å². The molecule has 0 aromatic heterocycles. The average molecular weight is 276 g/mol. The van der Waals surface area contributed by atoms with Crippen LogP contribution in [0.1, 0.15) is 6.42 Å². The molecule has 104 valence electrons. The van der Waals surface area contributed by atoms with Crippen molar-refractivity contribution >= 4 is 23.3 Å². The SMILES string of the molecule is Nc1ccccc1N(CCC(=O)O)C(=O)C(F)(F)F. The minimum Gasteiger partial charge on any atom is -0.481 e. The zero-order valence-corrected chi connectivity index (χ0v) is 9.65. The Kier molecular flexibility index (Phi) is 4.36. The molecule has 1 rings (SSSR count). The molecule has 1 aromatic rings. The number of para-hydroxylation sites is 2. The lowest BCUT2D eigenvalue weighted by atomic mass is 10.2. The number of nitrogen functional groups attached to an aromatic ring is 1. The number of aliphatic carboxylic acids is 1. The van der Waals surface area contributed by atoms with E-state index in [2.05, 4.69) is 0 Å². The van der Waals surface area contributed by atoms with E-state index >= 15 is 0 Å². The molecule has 0 aliphatic carbocycles. The van der Waals surface area contributed by atoms with E-state index in [-0.39, 0.29) is 11.4 Å². The van der Waals surface area contributed by atoms with Crippen LogP contribution in [-0.2, 0) is 9.59 Å². The normalized spacial score (nSPS) is 11.1. The highest BCUT2D eigenvalue weighted by Crippen LogP contribution is 2.28. The van der Waals surface area contributed by atoms with Crippen LogP contribution in [0.4, 0.5) is 24.5 Å². The van der Waals surface area contributed by atoms with Gasteiger partial charge in [-0.25, -0.2) is 0 Å². The Labute approximate surface area is 106 Å². The molecule has 3 N–H and O–H groups in total. The Morgan fingerprint density at radius 1 is 1.26 bits per heavy atom. The summed E-state index contributed by atoms with van der Waals surface area (Å²) < 4.78 is 37.4. The molecule has 0 radical (unpaired) electrons. The molecule has 0 spiro atoms. The maximum atomic E-state index is 12.5. The molecule has 8 heteroatoms. The minimum absolute atomic E-state index is 0.0366. The van der Waals surface area contributed by atoms with Crippen LogP contribution in [0.25, 0.3) is 0 Å². The number of anilines is 2. The number of hydrogen-bond acceptors (Lipinski definition) is 3. The van der Waals surface area contributed by atoms with E-state index in [4.69, 9.17) is 10.8 Å². The number of rotatable bonds is 4. The number of alkyl halides is 3. The molecule has 0 heterocycles. The number of nitrogens with zero attached hydrogens (tertiary/aromatic N) is 1. The standard InChI is InChI=1S/C11H11F3N2O3/c12-11(13,14)10(19)16(6-5-9(17)18)8-4-2-1-3-7(8)15/h1-4H,5-6,15H2,(H,17,18). The van der Waals surface area contributed by atoms with E-state index in [0.29, 0.717) is 4.90 Å². The predicted molar refractivity (Wildman–Crippen MR) is 61.5 cm³/mol. The van der Waals surface area contributed by atoms with Gasteiger partial charge in [-0.3, -0.25) is 9.59 Å². The van der Waals surface area contributed by atoms with Gasteiger partial charge in [0.2, 0.25) is 0 Å². The molecule has 1 aromatic carbocycles. The zero-order valence-electron chi connectivity index (χ0n) is 9.65. The third-order valence-electron chi connectivity index (χ3n) is 2.26. The predicted octanol–water partition coefficient (Wildman–Crippen LogP) is 1.64. The number of amides is 1. The van der Waals surface area contributed by atoms with Crippen LogP contribution < -0.4 is 10.6 Å². The van der Waals surface area contributed by atoms with Gasteiger partial charge in [-0.2, -0.15) is 13.2 Å². The quantitative estimate of drug-likeness (QED) is 0.819. The second-order valence-corrected chi connectivity index (χ2v) is 3.66. The van der Waals surface area contributed by atoms with E-state index in [1.165, 1.54) is 24.3 Å². The molecular formula is C11H11F3N2O3. The fourth-order valence-electron chi connectivity index (χ4n) is 1.43. The molecule has 0 bridgehead atoms. The van der Waals surface area contributed by atoms with Gasteiger partial charge < -0.3 is 15.7 Å². The molecule has 5 nitrogen and oxygen atoms in total.